The number of aliphatic hydroxyl groups excluding tert-OH is 1. The standard InChI is InChI=1S/C8H6F4O/c9-3-8(13)4-1-6(11)7(12)2-5(4)10/h1-2,8,13H,3H2. The topological polar surface area (TPSA) is 20.2 Å². The van der Waals surface area contributed by atoms with Crippen LogP contribution in [-0.4, -0.2) is 11.8 Å². The van der Waals surface area contributed by atoms with Gasteiger partial charge in [0, 0.05) is 11.6 Å². The Bertz CT molecular complexity index is 313. The van der Waals surface area contributed by atoms with Gasteiger partial charge in [0.2, 0.25) is 0 Å². The van der Waals surface area contributed by atoms with Crippen LogP contribution in [-0.2, 0) is 0 Å². The first-order chi connectivity index (χ1) is 6.06. The summed E-state index contributed by atoms with van der Waals surface area (Å²) in [5.74, 6) is -3.85. The maximum absolute atomic E-state index is 12.7. The van der Waals surface area contributed by atoms with E-state index in [0.717, 1.165) is 0 Å². The van der Waals surface area contributed by atoms with E-state index in [1.165, 1.54) is 0 Å². The molecule has 0 amide bonds. The Morgan fingerprint density at radius 3 is 2.15 bits per heavy atom. The summed E-state index contributed by atoms with van der Waals surface area (Å²) in [5, 5.41) is 8.82. The minimum absolute atomic E-state index is 0.267. The lowest BCUT2D eigenvalue weighted by molar-refractivity contribution is 0.137. The van der Waals surface area contributed by atoms with Gasteiger partial charge in [0.05, 0.1) is 0 Å². The van der Waals surface area contributed by atoms with E-state index >= 15 is 0 Å². The molecule has 0 heterocycles. The molecule has 0 spiro atoms. The number of alkyl halides is 1. The van der Waals surface area contributed by atoms with Crippen molar-refractivity contribution in [1.29, 1.82) is 0 Å². The van der Waals surface area contributed by atoms with Crippen LogP contribution in [0.25, 0.3) is 0 Å². The number of benzene rings is 1. The van der Waals surface area contributed by atoms with E-state index < -0.39 is 35.8 Å². The second-order valence-corrected chi connectivity index (χ2v) is 2.46. The van der Waals surface area contributed by atoms with Crippen LogP contribution in [0.15, 0.2) is 12.1 Å². The second kappa shape index (κ2) is 3.74. The monoisotopic (exact) mass is 194 g/mol. The third-order valence-corrected chi connectivity index (χ3v) is 1.54. The Balaban J connectivity index is 3.15. The summed E-state index contributed by atoms with van der Waals surface area (Å²) >= 11 is 0. The van der Waals surface area contributed by atoms with Gasteiger partial charge in [0.1, 0.15) is 18.6 Å². The fourth-order valence-corrected chi connectivity index (χ4v) is 0.876. The van der Waals surface area contributed by atoms with Crippen LogP contribution in [0.1, 0.15) is 11.7 Å². The van der Waals surface area contributed by atoms with Crippen molar-refractivity contribution in [2.45, 2.75) is 6.10 Å². The zero-order valence-electron chi connectivity index (χ0n) is 6.40. The number of hydrogen-bond donors (Lipinski definition) is 1. The molecule has 5 heteroatoms. The van der Waals surface area contributed by atoms with E-state index in [9.17, 15) is 17.6 Å². The maximum Gasteiger partial charge on any atom is 0.161 e. The summed E-state index contributed by atoms with van der Waals surface area (Å²) in [5.41, 5.74) is -0.582. The highest BCUT2D eigenvalue weighted by Crippen LogP contribution is 2.20. The van der Waals surface area contributed by atoms with Gasteiger partial charge in [0.15, 0.2) is 11.6 Å². The molecule has 0 aliphatic carbocycles. The molecule has 0 radical (unpaired) electrons. The molecule has 1 atom stereocenters. The molecule has 0 aromatic heterocycles. The first-order valence-electron chi connectivity index (χ1n) is 3.44. The zero-order chi connectivity index (χ0) is 10.0. The summed E-state index contributed by atoms with van der Waals surface area (Å²) in [6, 6.07) is 0.707. The van der Waals surface area contributed by atoms with Crippen molar-refractivity contribution in [2.75, 3.05) is 6.67 Å². The first kappa shape index (κ1) is 9.98. The molecule has 0 fully saturated rings. The zero-order valence-corrected chi connectivity index (χ0v) is 6.40. The van der Waals surface area contributed by atoms with Crippen molar-refractivity contribution in [3.8, 4) is 0 Å². The molecule has 1 nitrogen and oxygen atoms in total. The van der Waals surface area contributed by atoms with Gasteiger partial charge in [-0.3, -0.25) is 0 Å². The van der Waals surface area contributed by atoms with Crippen LogP contribution < -0.4 is 0 Å². The Hall–Kier alpha value is -1.10. The quantitative estimate of drug-likeness (QED) is 0.564. The predicted molar refractivity (Wildman–Crippen MR) is 37.3 cm³/mol. The normalized spacial score (nSPS) is 13.0. The van der Waals surface area contributed by atoms with E-state index in [1.54, 1.807) is 0 Å². The molecule has 0 saturated heterocycles. The molecule has 1 N–H and O–H groups in total. The van der Waals surface area contributed by atoms with Gasteiger partial charge >= 0.3 is 0 Å². The highest BCUT2D eigenvalue weighted by atomic mass is 19.2. The van der Waals surface area contributed by atoms with Gasteiger partial charge in [-0.1, -0.05) is 0 Å². The molecule has 0 aliphatic heterocycles. The van der Waals surface area contributed by atoms with E-state index in [0.29, 0.717) is 6.07 Å². The van der Waals surface area contributed by atoms with Gasteiger partial charge in [-0.25, -0.2) is 17.6 Å². The van der Waals surface area contributed by atoms with Crippen LogP contribution >= 0.6 is 0 Å². The highest BCUT2D eigenvalue weighted by molar-refractivity contribution is 5.22. The van der Waals surface area contributed by atoms with E-state index in [1.807, 2.05) is 0 Å². The average Bonchev–Trinajstić information content (AvgIpc) is 2.10. The lowest BCUT2D eigenvalue weighted by atomic mass is 10.1. The van der Waals surface area contributed by atoms with Crippen molar-refractivity contribution in [1.82, 2.24) is 0 Å². The molecule has 0 bridgehead atoms. The van der Waals surface area contributed by atoms with Crippen LogP contribution in [0.5, 0.6) is 0 Å². The minimum Gasteiger partial charge on any atom is -0.386 e. The summed E-state index contributed by atoms with van der Waals surface area (Å²) in [7, 11) is 0. The lowest BCUT2D eigenvalue weighted by Crippen LogP contribution is -2.04. The van der Waals surface area contributed by atoms with Crippen molar-refractivity contribution in [3.63, 3.8) is 0 Å². The van der Waals surface area contributed by atoms with Gasteiger partial charge in [-0.2, -0.15) is 0 Å². The van der Waals surface area contributed by atoms with Gasteiger partial charge in [-0.15, -0.1) is 0 Å². The molecule has 0 aliphatic rings. The van der Waals surface area contributed by atoms with E-state index in [4.69, 9.17) is 5.11 Å². The highest BCUT2D eigenvalue weighted by Gasteiger charge is 2.16. The lowest BCUT2D eigenvalue weighted by Gasteiger charge is -2.07. The largest absolute Gasteiger partial charge is 0.386 e. The van der Waals surface area contributed by atoms with E-state index in [-0.39, 0.29) is 6.07 Å². The summed E-state index contributed by atoms with van der Waals surface area (Å²) < 4.78 is 49.4. The van der Waals surface area contributed by atoms with Gasteiger partial charge in [0.25, 0.3) is 0 Å². The number of rotatable bonds is 2. The number of hydrogen-bond acceptors (Lipinski definition) is 1. The number of aliphatic hydroxyl groups is 1. The third kappa shape index (κ3) is 1.98. The predicted octanol–water partition coefficient (Wildman–Crippen LogP) is 2.11. The van der Waals surface area contributed by atoms with Crippen molar-refractivity contribution >= 4 is 0 Å². The maximum atomic E-state index is 12.7. The Morgan fingerprint density at radius 1 is 1.08 bits per heavy atom. The fourth-order valence-electron chi connectivity index (χ4n) is 0.876. The summed E-state index contributed by atoms with van der Waals surface area (Å²) in [4.78, 5) is 0. The van der Waals surface area contributed by atoms with Gasteiger partial charge in [-0.05, 0) is 6.07 Å². The van der Waals surface area contributed by atoms with Gasteiger partial charge < -0.3 is 5.11 Å². The van der Waals surface area contributed by atoms with Crippen LogP contribution in [0.4, 0.5) is 17.6 Å². The second-order valence-electron chi connectivity index (χ2n) is 2.46. The van der Waals surface area contributed by atoms with Crippen molar-refractivity contribution in [3.05, 3.63) is 35.1 Å². The fraction of sp³-hybridized carbons (Fsp3) is 0.250. The Kier molecular flexibility index (Phi) is 2.87. The first-order valence-corrected chi connectivity index (χ1v) is 3.44. The SMILES string of the molecule is OC(CF)c1cc(F)c(F)cc1F. The van der Waals surface area contributed by atoms with Crippen molar-refractivity contribution < 1.29 is 22.7 Å². The number of halogens is 4. The molecule has 1 aromatic rings. The molecule has 1 rings (SSSR count). The third-order valence-electron chi connectivity index (χ3n) is 1.54. The molecule has 1 unspecified atom stereocenters. The summed E-state index contributed by atoms with van der Waals surface area (Å²) in [6.45, 7) is -1.25. The Labute approximate surface area is 71.6 Å². The minimum atomic E-state index is -1.75. The molecule has 13 heavy (non-hydrogen) atoms. The molecule has 1 aromatic carbocycles. The molecular formula is C8H6F4O. The van der Waals surface area contributed by atoms with Crippen LogP contribution in [0.3, 0.4) is 0 Å². The average molecular weight is 194 g/mol. The van der Waals surface area contributed by atoms with Crippen molar-refractivity contribution in [2.24, 2.45) is 0 Å². The molecular weight excluding hydrogens is 188 g/mol. The summed E-state index contributed by atoms with van der Waals surface area (Å²) in [6.07, 6.45) is -1.75. The smallest absolute Gasteiger partial charge is 0.161 e. The molecule has 72 valence electrons. The van der Waals surface area contributed by atoms with Crippen LogP contribution in [0, 0.1) is 17.5 Å². The Morgan fingerprint density at radius 2 is 1.62 bits per heavy atom. The van der Waals surface area contributed by atoms with E-state index in [2.05, 4.69) is 0 Å². The van der Waals surface area contributed by atoms with Crippen LogP contribution in [0.2, 0.25) is 0 Å². The molecule has 0 saturated carbocycles.